The number of nitriles is 1. The van der Waals surface area contributed by atoms with Gasteiger partial charge in [0.05, 0.1) is 11.1 Å². The number of aromatic nitrogens is 5. The molecule has 0 fully saturated rings. The molecule has 5 aromatic rings. The van der Waals surface area contributed by atoms with E-state index in [1.165, 1.54) is 11.0 Å². The lowest BCUT2D eigenvalue weighted by Gasteiger charge is -2.34. The maximum atomic E-state index is 15.1. The number of alkyl carbamates (subject to hydrolysis) is 1. The van der Waals surface area contributed by atoms with E-state index in [2.05, 4.69) is 25.4 Å². The predicted octanol–water partition coefficient (Wildman–Crippen LogP) is 7.84. The molecule has 53 heavy (non-hydrogen) atoms. The second kappa shape index (κ2) is 14.9. The van der Waals surface area contributed by atoms with E-state index < -0.39 is 35.5 Å². The summed E-state index contributed by atoms with van der Waals surface area (Å²) in [5, 5.41) is 15.6. The molecule has 15 heteroatoms. The van der Waals surface area contributed by atoms with Gasteiger partial charge in [0, 0.05) is 23.5 Å². The van der Waals surface area contributed by atoms with Gasteiger partial charge in [-0.15, -0.1) is 0 Å². The van der Waals surface area contributed by atoms with Crippen molar-refractivity contribution in [3.05, 3.63) is 119 Å². The maximum absolute atomic E-state index is 15.1. The van der Waals surface area contributed by atoms with Crippen molar-refractivity contribution >= 4 is 29.6 Å². The van der Waals surface area contributed by atoms with Crippen LogP contribution >= 0.6 is 11.6 Å². The van der Waals surface area contributed by atoms with Gasteiger partial charge >= 0.3 is 12.6 Å². The Labute approximate surface area is 309 Å². The number of hydrogen-bond acceptors (Lipinski definition) is 9. The van der Waals surface area contributed by atoms with Crippen molar-refractivity contribution in [3.63, 3.8) is 0 Å². The molecule has 2 aromatic heterocycles. The van der Waals surface area contributed by atoms with Crippen molar-refractivity contribution < 1.29 is 23.1 Å². The molecule has 12 nitrogen and oxygen atoms in total. The number of carbonyl (C=O) groups excluding carboxylic acids is 2. The van der Waals surface area contributed by atoms with Gasteiger partial charge in [-0.2, -0.15) is 23.8 Å². The van der Waals surface area contributed by atoms with Crippen LogP contribution in [0.5, 0.6) is 0 Å². The minimum Gasteiger partial charge on any atom is -0.444 e. The Morgan fingerprint density at radius 2 is 1.72 bits per heavy atom. The van der Waals surface area contributed by atoms with Crippen LogP contribution in [0.1, 0.15) is 69.2 Å². The number of carbonyl (C=O) groups is 2. The number of alkyl halides is 2. The van der Waals surface area contributed by atoms with Gasteiger partial charge in [0.2, 0.25) is 11.8 Å². The number of hydrogen-bond donors (Lipinski definition) is 1. The van der Waals surface area contributed by atoms with Crippen LogP contribution in [0.15, 0.2) is 96.5 Å². The topological polar surface area (TPSA) is 151 Å². The number of ether oxygens (including phenoxy) is 1. The molecule has 270 valence electrons. The first-order valence-electron chi connectivity index (χ1n) is 16.5. The smallest absolute Gasteiger partial charge is 0.414 e. The lowest BCUT2D eigenvalue weighted by Crippen LogP contribution is -2.48. The molecule has 2 atom stereocenters. The molecule has 1 N–H and O–H groups in total. The van der Waals surface area contributed by atoms with Gasteiger partial charge in [0.15, 0.2) is 11.4 Å². The van der Waals surface area contributed by atoms with E-state index in [0.29, 0.717) is 21.4 Å². The summed E-state index contributed by atoms with van der Waals surface area (Å²) < 4.78 is 33.6. The Kier molecular flexibility index (Phi) is 10.3. The van der Waals surface area contributed by atoms with E-state index in [1.54, 1.807) is 43.6 Å². The first-order valence-corrected chi connectivity index (χ1v) is 16.9. The third-order valence-corrected chi connectivity index (χ3v) is 8.95. The van der Waals surface area contributed by atoms with Crippen LogP contribution in [0.3, 0.4) is 0 Å². The van der Waals surface area contributed by atoms with Crippen LogP contribution in [0, 0.1) is 16.7 Å². The normalized spacial score (nSPS) is 16.3. The second-order valence-electron chi connectivity index (χ2n) is 13.6. The molecule has 6 rings (SSSR count). The van der Waals surface area contributed by atoms with Crippen LogP contribution in [0.4, 0.5) is 13.6 Å². The summed E-state index contributed by atoms with van der Waals surface area (Å²) in [6.07, 6.45) is 3.51. The van der Waals surface area contributed by atoms with Crippen LogP contribution in [0.25, 0.3) is 22.5 Å². The van der Waals surface area contributed by atoms with E-state index in [4.69, 9.17) is 26.6 Å². The van der Waals surface area contributed by atoms with Crippen LogP contribution < -0.4 is 5.32 Å². The summed E-state index contributed by atoms with van der Waals surface area (Å²) in [6, 6.07) is 22.2. The van der Waals surface area contributed by atoms with Gasteiger partial charge in [-0.05, 0) is 53.1 Å². The van der Waals surface area contributed by atoms with Crippen molar-refractivity contribution in [2.45, 2.75) is 58.9 Å². The number of nitrogens with one attached hydrogen (secondary N) is 1. The third-order valence-electron chi connectivity index (χ3n) is 8.62. The van der Waals surface area contributed by atoms with Gasteiger partial charge in [0.25, 0.3) is 5.91 Å². The minimum absolute atomic E-state index is 0.0253. The molecule has 0 saturated heterocycles. The average molecular weight is 738 g/mol. The molecule has 3 heterocycles. The minimum atomic E-state index is -2.97. The van der Waals surface area contributed by atoms with E-state index in [0.717, 1.165) is 17.5 Å². The number of aliphatic imine (C=N–C) groups is 1. The van der Waals surface area contributed by atoms with Gasteiger partial charge in [-0.3, -0.25) is 15.0 Å². The monoisotopic (exact) mass is 737 g/mol. The van der Waals surface area contributed by atoms with Crippen molar-refractivity contribution in [1.29, 1.82) is 5.26 Å². The molecule has 1 aliphatic heterocycles. The molecule has 0 radical (unpaired) electrons. The number of nitrogens with zero attached hydrogens (tertiary/aromatic N) is 8. The van der Waals surface area contributed by atoms with E-state index in [1.807, 2.05) is 69.3 Å². The molecule has 0 unspecified atom stereocenters. The Bertz CT molecular complexity index is 2200. The predicted molar refractivity (Wildman–Crippen MR) is 192 cm³/mol. The Balaban J connectivity index is 1.42. The number of amides is 2. The van der Waals surface area contributed by atoms with Crippen molar-refractivity contribution in [3.8, 4) is 28.6 Å². The molecule has 0 saturated carbocycles. The Morgan fingerprint density at radius 1 is 1.02 bits per heavy atom. The Hall–Kier alpha value is -6.07. The fourth-order valence-electron chi connectivity index (χ4n) is 6.23. The number of rotatable bonds is 9. The average Bonchev–Trinajstić information content (AvgIpc) is 3.74. The van der Waals surface area contributed by atoms with Gasteiger partial charge < -0.3 is 4.74 Å². The number of guanidine groups is 1. The maximum Gasteiger partial charge on any atom is 0.414 e. The lowest BCUT2D eigenvalue weighted by atomic mass is 9.75. The van der Waals surface area contributed by atoms with Crippen molar-refractivity contribution in [1.82, 2.24) is 34.9 Å². The fourth-order valence-corrected chi connectivity index (χ4v) is 6.43. The fraction of sp³-hybridized carbons (Fsp3) is 0.263. The van der Waals surface area contributed by atoms with E-state index in [9.17, 15) is 13.6 Å². The lowest BCUT2D eigenvalue weighted by molar-refractivity contribution is -0.134. The van der Waals surface area contributed by atoms with Crippen LogP contribution in [0.2, 0.25) is 5.02 Å². The van der Waals surface area contributed by atoms with Crippen LogP contribution in [-0.4, -0.2) is 47.6 Å². The molecule has 0 aliphatic carbocycles. The molecular weight excluding hydrogens is 704 g/mol. The molecule has 2 amide bonds. The number of halogens is 3. The first kappa shape index (κ1) is 36.7. The zero-order chi connectivity index (χ0) is 37.9. The molecule has 0 spiro atoms. The summed E-state index contributed by atoms with van der Waals surface area (Å²) in [5.41, 5.74) is 1.47. The standard InChI is InChI=1S/C38H34ClF2N9O3/c1-23(26-12-15-30(39)29(16-26)32-45-22-46-50(32)34(40)41)49-33(51)38(21-37(2,3)4,48-35(49)47-36(52)53-20-24-8-6-5-7-9-24)28-13-10-25(11-14-28)27-18-43-31(17-42)44-19-27/h5-16,18-19,22-23,34H,20-21H2,1-4H3,(H,47,48,52)/t23-,38+/m0/s1. The zero-order valence-electron chi connectivity index (χ0n) is 29.2. The summed E-state index contributed by atoms with van der Waals surface area (Å²) >= 11 is 6.48. The highest BCUT2D eigenvalue weighted by atomic mass is 35.5. The number of benzene rings is 3. The van der Waals surface area contributed by atoms with Gasteiger partial charge in [-0.25, -0.2) is 24.7 Å². The van der Waals surface area contributed by atoms with Crippen LogP contribution in [-0.2, 0) is 21.7 Å². The highest BCUT2D eigenvalue weighted by molar-refractivity contribution is 6.33. The highest BCUT2D eigenvalue weighted by Gasteiger charge is 2.53. The quantitative estimate of drug-likeness (QED) is 0.161. The van der Waals surface area contributed by atoms with Crippen molar-refractivity contribution in [2.24, 2.45) is 10.4 Å². The highest BCUT2D eigenvalue weighted by Crippen LogP contribution is 2.45. The van der Waals surface area contributed by atoms with Gasteiger partial charge in [-0.1, -0.05) is 93.0 Å². The van der Waals surface area contributed by atoms with Gasteiger partial charge in [0.1, 0.15) is 19.0 Å². The summed E-state index contributed by atoms with van der Waals surface area (Å²) in [5.74, 6) is -0.597. The SMILES string of the molecule is C[C@@H](c1ccc(Cl)c(-c2ncnn2C(F)F)c1)N1C(=O)[C@@](CC(C)(C)C)(c2ccc(-c3cnc(C#N)nc3)cc2)N=C1NC(=O)OCc1ccccc1. The molecule has 0 bridgehead atoms. The zero-order valence-corrected chi connectivity index (χ0v) is 29.9. The van der Waals surface area contributed by atoms with Crippen molar-refractivity contribution in [2.75, 3.05) is 0 Å². The first-order chi connectivity index (χ1) is 25.3. The summed E-state index contributed by atoms with van der Waals surface area (Å²) in [7, 11) is 0. The summed E-state index contributed by atoms with van der Waals surface area (Å²) in [6.45, 7) is 4.69. The van der Waals surface area contributed by atoms with E-state index >= 15 is 4.79 Å². The third kappa shape index (κ3) is 7.75. The Morgan fingerprint density at radius 3 is 2.36 bits per heavy atom. The largest absolute Gasteiger partial charge is 0.444 e. The molecule has 3 aromatic carbocycles. The van der Waals surface area contributed by atoms with E-state index in [-0.39, 0.29) is 41.2 Å². The molecule has 1 aliphatic rings. The molecular formula is C38H34ClF2N9O3. The summed E-state index contributed by atoms with van der Waals surface area (Å²) in [4.78, 5) is 46.9. The second-order valence-corrected chi connectivity index (χ2v) is 14.0.